The van der Waals surface area contributed by atoms with Crippen molar-refractivity contribution < 1.29 is 14.3 Å². The molecule has 0 amide bonds. The third-order valence-corrected chi connectivity index (χ3v) is 4.74. The first-order valence-electron chi connectivity index (χ1n) is 9.57. The molecule has 3 nitrogen and oxygen atoms in total. The lowest BCUT2D eigenvalue weighted by Crippen LogP contribution is -2.20. The van der Waals surface area contributed by atoms with E-state index in [1.54, 1.807) is 20.3 Å². The fourth-order valence-corrected chi connectivity index (χ4v) is 3.09. The van der Waals surface area contributed by atoms with Crippen LogP contribution in [0.3, 0.4) is 0 Å². The fourth-order valence-electron chi connectivity index (χ4n) is 3.09. The van der Waals surface area contributed by atoms with E-state index < -0.39 is 0 Å². The Labute approximate surface area is 169 Å². The van der Waals surface area contributed by atoms with Crippen molar-refractivity contribution in [3.63, 3.8) is 0 Å². The molecule has 3 heteroatoms. The van der Waals surface area contributed by atoms with Gasteiger partial charge in [-0.1, -0.05) is 59.8 Å². The zero-order valence-electron chi connectivity index (χ0n) is 18.3. The molecular formula is C25H32O3. The molecule has 2 rings (SSSR count). The van der Waals surface area contributed by atoms with Gasteiger partial charge in [0.05, 0.1) is 14.2 Å². The average molecular weight is 381 g/mol. The summed E-state index contributed by atoms with van der Waals surface area (Å²) in [6.07, 6.45) is 3.46. The number of rotatable bonds is 5. The smallest absolute Gasteiger partial charge is 0.185 e. The molecule has 2 aromatic carbocycles. The van der Waals surface area contributed by atoms with E-state index in [9.17, 15) is 4.79 Å². The van der Waals surface area contributed by atoms with Gasteiger partial charge in [0.25, 0.3) is 0 Å². The van der Waals surface area contributed by atoms with Crippen LogP contribution in [-0.2, 0) is 10.8 Å². The van der Waals surface area contributed by atoms with E-state index in [4.69, 9.17) is 9.47 Å². The summed E-state index contributed by atoms with van der Waals surface area (Å²) in [5.41, 5.74) is 3.45. The first-order valence-corrected chi connectivity index (χ1v) is 9.57. The van der Waals surface area contributed by atoms with Crippen molar-refractivity contribution in [1.82, 2.24) is 0 Å². The molecule has 150 valence electrons. The summed E-state index contributed by atoms with van der Waals surface area (Å²) >= 11 is 0. The summed E-state index contributed by atoms with van der Waals surface area (Å²) < 4.78 is 10.9. The molecule has 0 aromatic heterocycles. The van der Waals surface area contributed by atoms with Gasteiger partial charge < -0.3 is 9.47 Å². The van der Waals surface area contributed by atoms with Gasteiger partial charge in [-0.05, 0) is 46.7 Å². The lowest BCUT2D eigenvalue weighted by Gasteiger charge is -2.29. The van der Waals surface area contributed by atoms with Crippen LogP contribution in [0.2, 0.25) is 0 Å². The van der Waals surface area contributed by atoms with Crippen LogP contribution < -0.4 is 9.47 Å². The second-order valence-electron chi connectivity index (χ2n) is 9.08. The minimum absolute atomic E-state index is 0.0190. The van der Waals surface area contributed by atoms with E-state index in [0.717, 1.165) is 28.2 Å². The molecule has 0 radical (unpaired) electrons. The maximum absolute atomic E-state index is 12.9. The minimum atomic E-state index is -0.138. The Bertz CT molecular complexity index is 825. The molecule has 0 unspecified atom stereocenters. The van der Waals surface area contributed by atoms with Gasteiger partial charge in [0, 0.05) is 16.7 Å². The van der Waals surface area contributed by atoms with Crippen LogP contribution in [0.4, 0.5) is 0 Å². The lowest BCUT2D eigenvalue weighted by atomic mass is 9.78. The quantitative estimate of drug-likeness (QED) is 0.458. The van der Waals surface area contributed by atoms with Gasteiger partial charge in [0.15, 0.2) is 5.78 Å². The highest BCUT2D eigenvalue weighted by molar-refractivity contribution is 6.07. The van der Waals surface area contributed by atoms with Gasteiger partial charge >= 0.3 is 0 Å². The summed E-state index contributed by atoms with van der Waals surface area (Å²) in [5, 5.41) is 0. The summed E-state index contributed by atoms with van der Waals surface area (Å²) in [6, 6.07) is 11.6. The SMILES string of the molecule is COc1ccc(/C=C/C(=O)c2cc(C(C)(C)C)c(OC)c(C(C)(C)C)c2)cc1. The molecule has 0 aliphatic heterocycles. The van der Waals surface area contributed by atoms with E-state index in [2.05, 4.69) is 41.5 Å². The zero-order chi connectivity index (χ0) is 21.1. The third kappa shape index (κ3) is 5.03. The molecule has 0 fully saturated rings. The molecule has 0 aliphatic carbocycles. The Balaban J connectivity index is 2.48. The van der Waals surface area contributed by atoms with Gasteiger partial charge in [-0.2, -0.15) is 0 Å². The maximum atomic E-state index is 12.9. The summed E-state index contributed by atoms with van der Waals surface area (Å²) in [4.78, 5) is 12.9. The number of carbonyl (C=O) groups excluding carboxylic acids is 1. The molecule has 0 aliphatic rings. The van der Waals surface area contributed by atoms with E-state index in [1.807, 2.05) is 42.5 Å². The highest BCUT2D eigenvalue weighted by Gasteiger charge is 2.28. The second-order valence-corrected chi connectivity index (χ2v) is 9.08. The van der Waals surface area contributed by atoms with Crippen LogP contribution >= 0.6 is 0 Å². The first kappa shape index (κ1) is 21.7. The Kier molecular flexibility index (Phi) is 6.38. The molecule has 0 heterocycles. The van der Waals surface area contributed by atoms with E-state index >= 15 is 0 Å². The average Bonchev–Trinajstić information content (AvgIpc) is 2.63. The predicted molar refractivity (Wildman–Crippen MR) is 117 cm³/mol. The van der Waals surface area contributed by atoms with Crippen LogP contribution in [0.1, 0.15) is 68.6 Å². The van der Waals surface area contributed by atoms with Crippen LogP contribution in [0.5, 0.6) is 11.5 Å². The number of methoxy groups -OCH3 is 2. The van der Waals surface area contributed by atoms with Crippen LogP contribution in [0, 0.1) is 0 Å². The standard InChI is InChI=1S/C25H32O3/c1-24(2,3)20-15-18(16-21(23(20)28-8)25(4,5)6)22(26)14-11-17-9-12-19(27-7)13-10-17/h9-16H,1-8H3/b14-11+. The van der Waals surface area contributed by atoms with Crippen LogP contribution in [-0.4, -0.2) is 20.0 Å². The molecular weight excluding hydrogens is 348 g/mol. The fraction of sp³-hybridized carbons (Fsp3) is 0.400. The van der Waals surface area contributed by atoms with Crippen molar-refractivity contribution in [1.29, 1.82) is 0 Å². The molecule has 28 heavy (non-hydrogen) atoms. The van der Waals surface area contributed by atoms with Gasteiger partial charge in [-0.25, -0.2) is 0 Å². The van der Waals surface area contributed by atoms with Crippen molar-refractivity contribution >= 4 is 11.9 Å². The molecule has 0 bridgehead atoms. The van der Waals surface area contributed by atoms with E-state index in [0.29, 0.717) is 5.56 Å². The molecule has 0 saturated carbocycles. The van der Waals surface area contributed by atoms with Gasteiger partial charge in [0.2, 0.25) is 0 Å². The summed E-state index contributed by atoms with van der Waals surface area (Å²) in [5.74, 6) is 1.65. The van der Waals surface area contributed by atoms with Crippen molar-refractivity contribution in [3.8, 4) is 11.5 Å². The van der Waals surface area contributed by atoms with Crippen molar-refractivity contribution in [3.05, 3.63) is 64.7 Å². The molecule has 0 N–H and O–H groups in total. The largest absolute Gasteiger partial charge is 0.497 e. The van der Waals surface area contributed by atoms with Gasteiger partial charge in [-0.15, -0.1) is 0 Å². The third-order valence-electron chi connectivity index (χ3n) is 4.74. The maximum Gasteiger partial charge on any atom is 0.185 e. The topological polar surface area (TPSA) is 35.5 Å². The lowest BCUT2D eigenvalue weighted by molar-refractivity contribution is 0.104. The van der Waals surface area contributed by atoms with Crippen molar-refractivity contribution in [2.45, 2.75) is 52.4 Å². The van der Waals surface area contributed by atoms with Crippen molar-refractivity contribution in [2.24, 2.45) is 0 Å². The Morgan fingerprint density at radius 1 is 0.821 bits per heavy atom. The highest BCUT2D eigenvalue weighted by atomic mass is 16.5. The summed E-state index contributed by atoms with van der Waals surface area (Å²) in [6.45, 7) is 12.8. The number of carbonyl (C=O) groups is 1. The number of ketones is 1. The number of allylic oxidation sites excluding steroid dienone is 1. The van der Waals surface area contributed by atoms with Crippen LogP contribution in [0.25, 0.3) is 6.08 Å². The van der Waals surface area contributed by atoms with Crippen LogP contribution in [0.15, 0.2) is 42.5 Å². The number of ether oxygens (including phenoxy) is 2. The highest BCUT2D eigenvalue weighted by Crippen LogP contribution is 2.40. The first-order chi connectivity index (χ1) is 13.0. The normalized spacial score (nSPS) is 12.3. The second kappa shape index (κ2) is 8.22. The molecule has 2 aromatic rings. The van der Waals surface area contributed by atoms with Crippen molar-refractivity contribution in [2.75, 3.05) is 14.2 Å². The molecule has 0 spiro atoms. The number of benzene rings is 2. The zero-order valence-corrected chi connectivity index (χ0v) is 18.3. The van der Waals surface area contributed by atoms with E-state index in [-0.39, 0.29) is 16.6 Å². The number of hydrogen-bond donors (Lipinski definition) is 0. The molecule has 0 atom stereocenters. The Hall–Kier alpha value is -2.55. The van der Waals surface area contributed by atoms with E-state index in [1.165, 1.54) is 0 Å². The van der Waals surface area contributed by atoms with Gasteiger partial charge in [0.1, 0.15) is 11.5 Å². The monoisotopic (exact) mass is 380 g/mol. The Morgan fingerprint density at radius 2 is 1.32 bits per heavy atom. The minimum Gasteiger partial charge on any atom is -0.497 e. The Morgan fingerprint density at radius 3 is 1.71 bits per heavy atom. The molecule has 0 saturated heterocycles. The van der Waals surface area contributed by atoms with Gasteiger partial charge in [-0.3, -0.25) is 4.79 Å². The summed E-state index contributed by atoms with van der Waals surface area (Å²) in [7, 11) is 3.34. The predicted octanol–water partition coefficient (Wildman–Crippen LogP) is 6.19. The number of hydrogen-bond acceptors (Lipinski definition) is 3.